The Kier molecular flexibility index (Phi) is 11.2. The number of carbonyl (C=O) groups is 3. The van der Waals surface area contributed by atoms with Gasteiger partial charge in [0.1, 0.15) is 30.0 Å². The first-order chi connectivity index (χ1) is 30.0. The maximum absolute atomic E-state index is 14.0. The number of benzene rings is 4. The Morgan fingerprint density at radius 3 is 2.53 bits per heavy atom. The predicted octanol–water partition coefficient (Wildman–Crippen LogP) is 6.87. The molecular formula is C47H52N8O7. The molecule has 15 heteroatoms. The Hall–Kier alpha value is -6.29. The Bertz CT molecular complexity index is 2640. The van der Waals surface area contributed by atoms with Crippen molar-refractivity contribution in [2.75, 3.05) is 27.3 Å². The lowest BCUT2D eigenvalue weighted by Crippen LogP contribution is -2.53. The number of alkyl carbamates (subject to hydrolysis) is 1. The number of aromatic amines is 2. The number of hydrogen-bond donors (Lipinski definition) is 5. The summed E-state index contributed by atoms with van der Waals surface area (Å²) >= 11 is 0. The molecule has 3 aliphatic heterocycles. The van der Waals surface area contributed by atoms with Crippen molar-refractivity contribution in [3.63, 3.8) is 0 Å². The zero-order valence-corrected chi connectivity index (χ0v) is 35.5. The normalized spacial score (nSPS) is 19.9. The van der Waals surface area contributed by atoms with Gasteiger partial charge in [-0.15, -0.1) is 0 Å². The van der Waals surface area contributed by atoms with Gasteiger partial charge in [-0.2, -0.15) is 0 Å². The molecule has 3 amide bonds. The highest BCUT2D eigenvalue weighted by molar-refractivity contribution is 6.07. The summed E-state index contributed by atoms with van der Waals surface area (Å²) in [6.07, 6.45) is 2.20. The third-order valence-corrected chi connectivity index (χ3v) is 12.5. The van der Waals surface area contributed by atoms with Crippen LogP contribution in [0.5, 0.6) is 5.75 Å². The van der Waals surface area contributed by atoms with Crippen LogP contribution in [0.3, 0.4) is 0 Å². The number of nitrogens with zero attached hydrogens (tertiary/aromatic N) is 4. The molecule has 15 nitrogen and oxygen atoms in total. The van der Waals surface area contributed by atoms with E-state index in [0.29, 0.717) is 31.1 Å². The molecule has 6 aromatic rings. The van der Waals surface area contributed by atoms with E-state index in [-0.39, 0.29) is 35.7 Å². The number of amides is 3. The number of likely N-dealkylation sites (tertiary alicyclic amines) is 2. The first-order valence-electron chi connectivity index (χ1n) is 21.3. The van der Waals surface area contributed by atoms with Gasteiger partial charge in [0, 0.05) is 31.1 Å². The lowest BCUT2D eigenvalue weighted by molar-refractivity contribution is -0.145. The van der Waals surface area contributed by atoms with Crippen LogP contribution >= 0.6 is 0 Å². The summed E-state index contributed by atoms with van der Waals surface area (Å²) in [5.74, 6) is 2.09. The zero-order valence-electron chi connectivity index (χ0n) is 35.5. The topological polar surface area (TPSA) is 187 Å². The monoisotopic (exact) mass is 840 g/mol. The lowest BCUT2D eigenvalue weighted by Gasteiger charge is -2.31. The predicted molar refractivity (Wildman–Crippen MR) is 232 cm³/mol. The van der Waals surface area contributed by atoms with E-state index in [1.165, 1.54) is 14.2 Å². The van der Waals surface area contributed by atoms with Crippen molar-refractivity contribution >= 4 is 39.7 Å². The second-order valence-corrected chi connectivity index (χ2v) is 17.0. The van der Waals surface area contributed by atoms with Crippen LogP contribution in [0, 0.1) is 11.8 Å². The first-order valence-corrected chi connectivity index (χ1v) is 21.3. The maximum Gasteiger partial charge on any atom is 0.407 e. The maximum atomic E-state index is 14.0. The number of ether oxygens (including phenoxy) is 3. The highest BCUT2D eigenvalue weighted by Gasteiger charge is 2.41. The number of aromatic nitrogens is 4. The Labute approximate surface area is 359 Å². The largest absolute Gasteiger partial charge is 0.488 e. The van der Waals surface area contributed by atoms with Gasteiger partial charge in [0.05, 0.1) is 48.2 Å². The number of aliphatic hydroxyl groups excluding tert-OH is 1. The molecule has 322 valence electrons. The molecule has 0 aliphatic carbocycles. The van der Waals surface area contributed by atoms with Crippen molar-refractivity contribution in [3.8, 4) is 28.1 Å². The molecule has 3 aliphatic rings. The van der Waals surface area contributed by atoms with Crippen LogP contribution in [-0.4, -0.2) is 92.5 Å². The molecule has 5 heterocycles. The molecule has 4 aromatic carbocycles. The van der Waals surface area contributed by atoms with E-state index >= 15 is 0 Å². The minimum absolute atomic E-state index is 0.0737. The van der Waals surface area contributed by atoms with Gasteiger partial charge in [-0.05, 0) is 83.0 Å². The average molecular weight is 841 g/mol. The summed E-state index contributed by atoms with van der Waals surface area (Å²) in [4.78, 5) is 60.8. The van der Waals surface area contributed by atoms with Gasteiger partial charge in [0.2, 0.25) is 12.3 Å². The Morgan fingerprint density at radius 1 is 0.935 bits per heavy atom. The molecule has 0 spiro atoms. The minimum atomic E-state index is -1.25. The van der Waals surface area contributed by atoms with Gasteiger partial charge < -0.3 is 44.4 Å². The minimum Gasteiger partial charge on any atom is -0.488 e. The van der Waals surface area contributed by atoms with Crippen molar-refractivity contribution in [1.82, 2.24) is 40.4 Å². The second kappa shape index (κ2) is 16.9. The molecule has 9 rings (SSSR count). The number of nitrogens with one attached hydrogen (secondary N) is 4. The highest BCUT2D eigenvalue weighted by atomic mass is 16.6. The van der Waals surface area contributed by atoms with E-state index in [1.807, 2.05) is 55.1 Å². The van der Waals surface area contributed by atoms with Gasteiger partial charge in [-0.3, -0.25) is 14.9 Å². The summed E-state index contributed by atoms with van der Waals surface area (Å²) in [5.41, 5.74) is 7.28. The lowest BCUT2D eigenvalue weighted by atomic mass is 9.92. The van der Waals surface area contributed by atoms with Crippen molar-refractivity contribution in [2.24, 2.45) is 11.8 Å². The van der Waals surface area contributed by atoms with Gasteiger partial charge in [-0.25, -0.2) is 14.8 Å². The van der Waals surface area contributed by atoms with E-state index < -0.39 is 24.6 Å². The molecule has 0 radical (unpaired) electrons. The van der Waals surface area contributed by atoms with Crippen molar-refractivity contribution in [3.05, 3.63) is 102 Å². The number of aliphatic hydroxyl groups is 1. The van der Waals surface area contributed by atoms with Gasteiger partial charge in [0.25, 0.3) is 5.91 Å². The molecule has 1 unspecified atom stereocenters. The standard InChI is InChI=1S/C47H52N8O7/c1-25(2)39(52-46(58)60-4)44(56)55-23-26(3)18-37(55)43-49-34-16-14-28-20-33-31-15-13-29(19-30(31)24-62-38(33)21-32(28)41(34)51-43)35-22-48-42(50-35)36-12-9-17-54(36)45(57)40(53-47(59)61-5)27-10-7-6-8-11-27/h6-8,10-11,13-16,19-22,25-26,36-37,39-40,46,52,58H,9,12,17-18,23-24H2,1-5H3,(H,48,50)(H,49,51)(H,53,59)/t26-,36-,37-,39-,40+,46?/m0/s1. The van der Waals surface area contributed by atoms with E-state index in [4.69, 9.17) is 24.2 Å². The molecule has 6 atom stereocenters. The molecule has 2 saturated heterocycles. The van der Waals surface area contributed by atoms with E-state index in [0.717, 1.165) is 80.6 Å². The molecule has 62 heavy (non-hydrogen) atoms. The fraction of sp³-hybridized carbons (Fsp3) is 0.383. The molecule has 2 fully saturated rings. The third kappa shape index (κ3) is 7.65. The van der Waals surface area contributed by atoms with Crippen LogP contribution < -0.4 is 15.4 Å². The smallest absolute Gasteiger partial charge is 0.407 e. The summed E-state index contributed by atoms with van der Waals surface area (Å²) in [6.45, 7) is 7.55. The van der Waals surface area contributed by atoms with Gasteiger partial charge in [0.15, 0.2) is 0 Å². The second-order valence-electron chi connectivity index (χ2n) is 17.0. The summed E-state index contributed by atoms with van der Waals surface area (Å²) < 4.78 is 16.3. The molecule has 0 saturated carbocycles. The number of H-pyrrole nitrogens is 2. The zero-order chi connectivity index (χ0) is 43.2. The quantitative estimate of drug-likeness (QED) is 0.0862. The van der Waals surface area contributed by atoms with Gasteiger partial charge in [-0.1, -0.05) is 69.3 Å². The number of methoxy groups -OCH3 is 2. The van der Waals surface area contributed by atoms with Crippen LogP contribution in [0.4, 0.5) is 4.79 Å². The highest BCUT2D eigenvalue weighted by Crippen LogP contribution is 2.44. The number of rotatable bonds is 11. The number of imidazole rings is 2. The van der Waals surface area contributed by atoms with Crippen LogP contribution in [0.25, 0.3) is 44.2 Å². The molecular weight excluding hydrogens is 789 g/mol. The van der Waals surface area contributed by atoms with Crippen LogP contribution in [0.1, 0.15) is 80.9 Å². The van der Waals surface area contributed by atoms with Crippen molar-refractivity contribution in [2.45, 2.75) is 77.2 Å². The first kappa shape index (κ1) is 41.1. The van der Waals surface area contributed by atoms with Crippen molar-refractivity contribution in [1.29, 1.82) is 0 Å². The van der Waals surface area contributed by atoms with E-state index in [2.05, 4.69) is 63.9 Å². The van der Waals surface area contributed by atoms with Crippen molar-refractivity contribution < 1.29 is 33.7 Å². The average Bonchev–Trinajstić information content (AvgIpc) is 4.12. The number of fused-ring (bicyclic) bond motifs is 6. The van der Waals surface area contributed by atoms with Gasteiger partial charge >= 0.3 is 6.09 Å². The summed E-state index contributed by atoms with van der Waals surface area (Å²) in [7, 11) is 2.67. The SMILES string of the molecule is COC(=O)N[C@@H](C(=O)N1CCC[C@H]1c1ncc(-c2ccc3c(c2)COc2cc4c(ccc5nc([C@@H]6C[C@H](C)CN6C(=O)[C@@H](NC(O)OC)C(C)C)[nH]c54)cc2-3)[nH]1)c1ccccc1. The fourth-order valence-corrected chi connectivity index (χ4v) is 9.38. The Balaban J connectivity index is 0.959. The van der Waals surface area contributed by atoms with Crippen LogP contribution in [-0.2, 0) is 25.7 Å². The number of hydrogen-bond acceptors (Lipinski definition) is 10. The molecule has 2 aromatic heterocycles. The van der Waals surface area contributed by atoms with E-state index in [1.54, 1.807) is 11.1 Å². The van der Waals surface area contributed by atoms with Crippen LogP contribution in [0.15, 0.2) is 79.0 Å². The summed E-state index contributed by atoms with van der Waals surface area (Å²) in [6, 6.07) is 21.8. The third-order valence-electron chi connectivity index (χ3n) is 12.5. The fourth-order valence-electron chi connectivity index (χ4n) is 9.38. The molecule has 0 bridgehead atoms. The van der Waals surface area contributed by atoms with Crippen LogP contribution in [0.2, 0.25) is 0 Å². The molecule has 5 N–H and O–H groups in total. The summed E-state index contributed by atoms with van der Waals surface area (Å²) in [5, 5.41) is 17.8. The number of carbonyl (C=O) groups excluding carboxylic acids is 3. The van der Waals surface area contributed by atoms with E-state index in [9.17, 15) is 19.5 Å². The Morgan fingerprint density at radius 2 is 1.76 bits per heavy atom.